The van der Waals surface area contributed by atoms with Crippen molar-refractivity contribution in [2.75, 3.05) is 40.4 Å². The van der Waals surface area contributed by atoms with Crippen LogP contribution < -0.4 is 24.3 Å². The van der Waals surface area contributed by atoms with Gasteiger partial charge in [0.25, 0.3) is 5.91 Å². The lowest BCUT2D eigenvalue weighted by Gasteiger charge is -2.19. The molecule has 0 atom stereocenters. The fourth-order valence-electron chi connectivity index (χ4n) is 4.39. The van der Waals surface area contributed by atoms with Gasteiger partial charge in [0.1, 0.15) is 24.7 Å². The molecule has 3 aromatic carbocycles. The maximum absolute atomic E-state index is 13.0. The standard InChI is InChI=1S/C30H36N2O5/c1-22-27(30(33)31-16-19-32-17-4-5-18-32)14-15-28(36-20-23-6-10-25(34-2)11-7-23)29(22)37-21-24-8-12-26(35-3)13-9-24/h6-15H,4-5,16-21H2,1-3H3,(H,31,33). The van der Waals surface area contributed by atoms with Crippen molar-refractivity contribution >= 4 is 5.91 Å². The third-order valence-electron chi connectivity index (χ3n) is 6.62. The van der Waals surface area contributed by atoms with Gasteiger partial charge >= 0.3 is 0 Å². The maximum Gasteiger partial charge on any atom is 0.251 e. The van der Waals surface area contributed by atoms with E-state index < -0.39 is 0 Å². The van der Waals surface area contributed by atoms with E-state index in [9.17, 15) is 4.79 Å². The first kappa shape index (κ1) is 26.4. The molecule has 196 valence electrons. The minimum absolute atomic E-state index is 0.104. The van der Waals surface area contributed by atoms with E-state index in [-0.39, 0.29) is 5.91 Å². The Bertz CT molecular complexity index is 1160. The Morgan fingerprint density at radius 2 is 1.38 bits per heavy atom. The normalized spacial score (nSPS) is 13.3. The molecule has 0 radical (unpaired) electrons. The zero-order valence-electron chi connectivity index (χ0n) is 21.9. The fraction of sp³-hybridized carbons (Fsp3) is 0.367. The van der Waals surface area contributed by atoms with Crippen LogP contribution in [-0.2, 0) is 13.2 Å². The molecule has 37 heavy (non-hydrogen) atoms. The predicted octanol–water partition coefficient (Wildman–Crippen LogP) is 5.00. The van der Waals surface area contributed by atoms with E-state index in [1.54, 1.807) is 14.2 Å². The molecule has 7 nitrogen and oxygen atoms in total. The molecular weight excluding hydrogens is 468 g/mol. The third kappa shape index (κ3) is 7.17. The molecule has 1 saturated heterocycles. The van der Waals surface area contributed by atoms with Gasteiger partial charge in [0.05, 0.1) is 14.2 Å². The van der Waals surface area contributed by atoms with Crippen LogP contribution in [0.2, 0.25) is 0 Å². The first-order chi connectivity index (χ1) is 18.1. The second kappa shape index (κ2) is 13.0. The van der Waals surface area contributed by atoms with Crippen LogP contribution in [0, 0.1) is 6.92 Å². The molecular formula is C30H36N2O5. The van der Waals surface area contributed by atoms with Gasteiger partial charge in [-0.2, -0.15) is 0 Å². The molecule has 1 aliphatic rings. The number of nitrogens with one attached hydrogen (secondary N) is 1. The van der Waals surface area contributed by atoms with Crippen LogP contribution in [0.3, 0.4) is 0 Å². The van der Waals surface area contributed by atoms with Crippen molar-refractivity contribution in [2.45, 2.75) is 33.0 Å². The quantitative estimate of drug-likeness (QED) is 0.375. The van der Waals surface area contributed by atoms with Gasteiger partial charge in [0, 0.05) is 24.2 Å². The molecule has 0 bridgehead atoms. The lowest BCUT2D eigenvalue weighted by molar-refractivity contribution is 0.0948. The monoisotopic (exact) mass is 504 g/mol. The molecule has 1 aliphatic heterocycles. The second-order valence-corrected chi connectivity index (χ2v) is 9.14. The first-order valence-corrected chi connectivity index (χ1v) is 12.7. The van der Waals surface area contributed by atoms with Crippen molar-refractivity contribution in [3.05, 3.63) is 82.9 Å². The van der Waals surface area contributed by atoms with E-state index in [2.05, 4.69) is 10.2 Å². The maximum atomic E-state index is 13.0. The molecule has 0 saturated carbocycles. The third-order valence-corrected chi connectivity index (χ3v) is 6.62. The highest BCUT2D eigenvalue weighted by Gasteiger charge is 2.19. The molecule has 1 N–H and O–H groups in total. The molecule has 3 aromatic rings. The fourth-order valence-corrected chi connectivity index (χ4v) is 4.39. The van der Waals surface area contributed by atoms with Gasteiger partial charge in [0.2, 0.25) is 0 Å². The average Bonchev–Trinajstić information content (AvgIpc) is 3.45. The zero-order valence-corrected chi connectivity index (χ0v) is 21.9. The minimum atomic E-state index is -0.104. The van der Waals surface area contributed by atoms with Crippen LogP contribution in [-0.4, -0.2) is 51.2 Å². The smallest absolute Gasteiger partial charge is 0.251 e. The van der Waals surface area contributed by atoms with Crippen LogP contribution in [0.15, 0.2) is 60.7 Å². The van der Waals surface area contributed by atoms with Crippen molar-refractivity contribution in [3.8, 4) is 23.0 Å². The Kier molecular flexibility index (Phi) is 9.27. The Morgan fingerprint density at radius 3 is 1.95 bits per heavy atom. The molecule has 7 heteroatoms. The van der Waals surface area contributed by atoms with Crippen LogP contribution in [0.25, 0.3) is 0 Å². The Labute approximate surface area is 219 Å². The number of methoxy groups -OCH3 is 2. The minimum Gasteiger partial charge on any atom is -0.497 e. The number of carbonyl (C=O) groups is 1. The number of rotatable bonds is 12. The highest BCUT2D eigenvalue weighted by molar-refractivity contribution is 5.96. The molecule has 0 aromatic heterocycles. The van der Waals surface area contributed by atoms with Crippen molar-refractivity contribution in [2.24, 2.45) is 0 Å². The average molecular weight is 505 g/mol. The lowest BCUT2D eigenvalue weighted by atomic mass is 10.1. The highest BCUT2D eigenvalue weighted by Crippen LogP contribution is 2.35. The molecule has 1 amide bonds. The van der Waals surface area contributed by atoms with E-state index in [0.29, 0.717) is 36.8 Å². The number of nitrogens with zero attached hydrogens (tertiary/aromatic N) is 1. The van der Waals surface area contributed by atoms with Crippen LogP contribution in [0.1, 0.15) is 39.9 Å². The van der Waals surface area contributed by atoms with E-state index in [0.717, 1.165) is 47.8 Å². The largest absolute Gasteiger partial charge is 0.497 e. The molecule has 4 rings (SSSR count). The SMILES string of the molecule is COc1ccc(COc2ccc(C(=O)NCCN3CCCC3)c(C)c2OCc2ccc(OC)cc2)cc1. The van der Waals surface area contributed by atoms with E-state index in [4.69, 9.17) is 18.9 Å². The zero-order chi connectivity index (χ0) is 26.0. The van der Waals surface area contributed by atoms with Crippen molar-refractivity contribution in [3.63, 3.8) is 0 Å². The summed E-state index contributed by atoms with van der Waals surface area (Å²) in [5.41, 5.74) is 3.33. The molecule has 0 unspecified atom stereocenters. The Morgan fingerprint density at radius 1 is 0.811 bits per heavy atom. The van der Waals surface area contributed by atoms with Gasteiger partial charge in [-0.15, -0.1) is 0 Å². The summed E-state index contributed by atoms with van der Waals surface area (Å²) in [6, 6.07) is 19.1. The van der Waals surface area contributed by atoms with Gasteiger partial charge in [-0.25, -0.2) is 0 Å². The molecule has 0 spiro atoms. The number of likely N-dealkylation sites (tertiary alicyclic amines) is 1. The second-order valence-electron chi connectivity index (χ2n) is 9.14. The first-order valence-electron chi connectivity index (χ1n) is 12.7. The van der Waals surface area contributed by atoms with Crippen molar-refractivity contribution in [1.29, 1.82) is 0 Å². The van der Waals surface area contributed by atoms with Gasteiger partial charge in [-0.05, 0) is 80.4 Å². The summed E-state index contributed by atoms with van der Waals surface area (Å²) >= 11 is 0. The topological polar surface area (TPSA) is 69.3 Å². The summed E-state index contributed by atoms with van der Waals surface area (Å²) in [4.78, 5) is 15.4. The summed E-state index contributed by atoms with van der Waals surface area (Å²) in [6.45, 7) is 6.31. The number of benzene rings is 3. The summed E-state index contributed by atoms with van der Waals surface area (Å²) in [6.07, 6.45) is 2.47. The number of carbonyl (C=O) groups excluding carboxylic acids is 1. The van der Waals surface area contributed by atoms with Gasteiger partial charge in [0.15, 0.2) is 11.5 Å². The highest BCUT2D eigenvalue weighted by atomic mass is 16.5. The Hall–Kier alpha value is -3.71. The molecule has 1 fully saturated rings. The number of ether oxygens (including phenoxy) is 4. The van der Waals surface area contributed by atoms with E-state index in [1.807, 2.05) is 67.6 Å². The molecule has 1 heterocycles. The van der Waals surface area contributed by atoms with E-state index in [1.165, 1.54) is 12.8 Å². The van der Waals surface area contributed by atoms with Gasteiger partial charge < -0.3 is 29.2 Å². The predicted molar refractivity (Wildman–Crippen MR) is 144 cm³/mol. The number of amides is 1. The summed E-state index contributed by atoms with van der Waals surface area (Å²) in [5, 5.41) is 3.07. The van der Waals surface area contributed by atoms with E-state index >= 15 is 0 Å². The van der Waals surface area contributed by atoms with Crippen LogP contribution in [0.5, 0.6) is 23.0 Å². The number of hydrogen-bond donors (Lipinski definition) is 1. The molecule has 0 aliphatic carbocycles. The van der Waals surface area contributed by atoms with Crippen LogP contribution >= 0.6 is 0 Å². The van der Waals surface area contributed by atoms with Crippen molar-refractivity contribution < 1.29 is 23.7 Å². The summed E-state index contributed by atoms with van der Waals surface area (Å²) < 4.78 is 22.9. The lowest BCUT2D eigenvalue weighted by Crippen LogP contribution is -2.33. The summed E-state index contributed by atoms with van der Waals surface area (Å²) in [7, 11) is 3.29. The Balaban J connectivity index is 1.49. The van der Waals surface area contributed by atoms with Crippen molar-refractivity contribution in [1.82, 2.24) is 10.2 Å². The number of hydrogen-bond acceptors (Lipinski definition) is 6. The van der Waals surface area contributed by atoms with Gasteiger partial charge in [-0.3, -0.25) is 4.79 Å². The van der Waals surface area contributed by atoms with Gasteiger partial charge in [-0.1, -0.05) is 24.3 Å². The van der Waals surface area contributed by atoms with Crippen LogP contribution in [0.4, 0.5) is 0 Å². The summed E-state index contributed by atoms with van der Waals surface area (Å²) in [5.74, 6) is 2.64.